The Balaban J connectivity index is 1.63. The zero-order valence-corrected chi connectivity index (χ0v) is 10.7. The summed E-state index contributed by atoms with van der Waals surface area (Å²) in [6.45, 7) is 0.910. The van der Waals surface area contributed by atoms with Gasteiger partial charge in [-0.15, -0.1) is 0 Å². The summed E-state index contributed by atoms with van der Waals surface area (Å²) in [6.07, 6.45) is 6.46. The third kappa shape index (κ3) is 4.40. The van der Waals surface area contributed by atoms with Crippen LogP contribution in [-0.2, 0) is 4.79 Å². The maximum absolute atomic E-state index is 11.6. The second kappa shape index (κ2) is 7.04. The molecule has 0 atom stereocenters. The summed E-state index contributed by atoms with van der Waals surface area (Å²) in [5, 5.41) is 2.96. The SMILES string of the molecule is O=C(COc1ccccc1)NCC1CCCCC1. The van der Waals surface area contributed by atoms with Crippen LogP contribution in [-0.4, -0.2) is 19.1 Å². The molecule has 0 saturated heterocycles. The molecule has 0 radical (unpaired) electrons. The van der Waals surface area contributed by atoms with Crippen molar-refractivity contribution in [3.63, 3.8) is 0 Å². The monoisotopic (exact) mass is 247 g/mol. The number of benzene rings is 1. The second-order valence-electron chi connectivity index (χ2n) is 4.91. The molecule has 1 amide bonds. The second-order valence-corrected chi connectivity index (χ2v) is 4.91. The summed E-state index contributed by atoms with van der Waals surface area (Å²) in [5.41, 5.74) is 0. The van der Waals surface area contributed by atoms with Gasteiger partial charge in [-0.3, -0.25) is 4.79 Å². The predicted molar refractivity (Wildman–Crippen MR) is 71.5 cm³/mol. The third-order valence-corrected chi connectivity index (χ3v) is 3.43. The molecule has 1 aromatic carbocycles. The molecule has 98 valence electrons. The zero-order chi connectivity index (χ0) is 12.6. The topological polar surface area (TPSA) is 38.3 Å². The fraction of sp³-hybridized carbons (Fsp3) is 0.533. The minimum atomic E-state index is -0.0237. The number of carbonyl (C=O) groups excluding carboxylic acids is 1. The minimum Gasteiger partial charge on any atom is -0.484 e. The van der Waals surface area contributed by atoms with Gasteiger partial charge in [-0.25, -0.2) is 0 Å². The van der Waals surface area contributed by atoms with Crippen LogP contribution in [0, 0.1) is 5.92 Å². The van der Waals surface area contributed by atoms with Crippen molar-refractivity contribution in [2.45, 2.75) is 32.1 Å². The van der Waals surface area contributed by atoms with Crippen molar-refractivity contribution >= 4 is 5.91 Å². The Hall–Kier alpha value is -1.51. The van der Waals surface area contributed by atoms with Crippen LogP contribution in [0.2, 0.25) is 0 Å². The van der Waals surface area contributed by atoms with Gasteiger partial charge in [0.15, 0.2) is 6.61 Å². The van der Waals surface area contributed by atoms with Gasteiger partial charge in [-0.05, 0) is 30.9 Å². The molecule has 1 aliphatic rings. The average molecular weight is 247 g/mol. The van der Waals surface area contributed by atoms with Crippen LogP contribution < -0.4 is 10.1 Å². The summed E-state index contributed by atoms with van der Waals surface area (Å²) in [7, 11) is 0. The van der Waals surface area contributed by atoms with Crippen molar-refractivity contribution in [3.05, 3.63) is 30.3 Å². The number of rotatable bonds is 5. The molecule has 0 unspecified atom stereocenters. The standard InChI is InChI=1S/C15H21NO2/c17-15(12-18-14-9-5-2-6-10-14)16-11-13-7-3-1-4-8-13/h2,5-6,9-10,13H,1,3-4,7-8,11-12H2,(H,16,17). The lowest BCUT2D eigenvalue weighted by atomic mass is 9.89. The average Bonchev–Trinajstić information content (AvgIpc) is 2.45. The molecule has 18 heavy (non-hydrogen) atoms. The molecule has 1 N–H and O–H groups in total. The maximum atomic E-state index is 11.6. The Morgan fingerprint density at radius 2 is 1.89 bits per heavy atom. The summed E-state index contributed by atoms with van der Waals surface area (Å²) >= 11 is 0. The lowest BCUT2D eigenvalue weighted by Crippen LogP contribution is -2.33. The molecular formula is C15H21NO2. The Morgan fingerprint density at radius 3 is 2.61 bits per heavy atom. The van der Waals surface area contributed by atoms with Crippen molar-refractivity contribution in [3.8, 4) is 5.75 Å². The number of carbonyl (C=O) groups is 1. The van der Waals surface area contributed by atoms with Gasteiger partial charge in [0.2, 0.25) is 0 Å². The summed E-state index contributed by atoms with van der Waals surface area (Å²) in [6, 6.07) is 9.43. The molecule has 1 saturated carbocycles. The first-order valence-electron chi connectivity index (χ1n) is 6.79. The normalized spacial score (nSPS) is 16.2. The fourth-order valence-corrected chi connectivity index (χ4v) is 2.37. The fourth-order valence-electron chi connectivity index (χ4n) is 2.37. The number of ether oxygens (including phenoxy) is 1. The third-order valence-electron chi connectivity index (χ3n) is 3.43. The van der Waals surface area contributed by atoms with E-state index >= 15 is 0 Å². The van der Waals surface area contributed by atoms with Crippen LogP contribution in [0.5, 0.6) is 5.75 Å². The van der Waals surface area contributed by atoms with Crippen LogP contribution in [0.1, 0.15) is 32.1 Å². The molecule has 1 aliphatic carbocycles. The Bertz CT molecular complexity index is 358. The summed E-state index contributed by atoms with van der Waals surface area (Å²) in [5.74, 6) is 1.38. The van der Waals surface area contributed by atoms with Gasteiger partial charge < -0.3 is 10.1 Å². The van der Waals surface area contributed by atoms with E-state index in [1.807, 2.05) is 30.3 Å². The quantitative estimate of drug-likeness (QED) is 0.869. The van der Waals surface area contributed by atoms with Crippen molar-refractivity contribution in [1.82, 2.24) is 5.32 Å². The highest BCUT2D eigenvalue weighted by atomic mass is 16.5. The highest BCUT2D eigenvalue weighted by Crippen LogP contribution is 2.22. The number of hydrogen-bond donors (Lipinski definition) is 1. The first kappa shape index (κ1) is 12.9. The van der Waals surface area contributed by atoms with E-state index in [4.69, 9.17) is 4.74 Å². The van der Waals surface area contributed by atoms with Crippen molar-refractivity contribution in [2.75, 3.05) is 13.2 Å². The maximum Gasteiger partial charge on any atom is 0.257 e. The van der Waals surface area contributed by atoms with Crippen molar-refractivity contribution in [2.24, 2.45) is 5.92 Å². The van der Waals surface area contributed by atoms with Gasteiger partial charge in [0.05, 0.1) is 0 Å². The van der Waals surface area contributed by atoms with Crippen LogP contribution in [0.25, 0.3) is 0 Å². The molecule has 1 fully saturated rings. The molecule has 3 nitrogen and oxygen atoms in total. The van der Waals surface area contributed by atoms with Crippen molar-refractivity contribution < 1.29 is 9.53 Å². The van der Waals surface area contributed by atoms with E-state index < -0.39 is 0 Å². The molecule has 1 aromatic rings. The van der Waals surface area contributed by atoms with Crippen molar-refractivity contribution in [1.29, 1.82) is 0 Å². The van der Waals surface area contributed by atoms with Gasteiger partial charge in [0, 0.05) is 6.54 Å². The highest BCUT2D eigenvalue weighted by molar-refractivity contribution is 5.77. The minimum absolute atomic E-state index is 0.0237. The van der Waals surface area contributed by atoms with E-state index in [0.29, 0.717) is 5.92 Å². The zero-order valence-electron chi connectivity index (χ0n) is 10.7. The lowest BCUT2D eigenvalue weighted by Gasteiger charge is -2.21. The lowest BCUT2D eigenvalue weighted by molar-refractivity contribution is -0.123. The largest absolute Gasteiger partial charge is 0.484 e. The van der Waals surface area contributed by atoms with Gasteiger partial charge in [-0.2, -0.15) is 0 Å². The van der Waals surface area contributed by atoms with E-state index in [1.165, 1.54) is 32.1 Å². The van der Waals surface area contributed by atoms with E-state index in [0.717, 1.165) is 12.3 Å². The molecular weight excluding hydrogens is 226 g/mol. The van der Waals surface area contributed by atoms with Gasteiger partial charge in [0.1, 0.15) is 5.75 Å². The Morgan fingerprint density at radius 1 is 1.17 bits per heavy atom. The van der Waals surface area contributed by atoms with Crippen LogP contribution in [0.3, 0.4) is 0 Å². The van der Waals surface area contributed by atoms with E-state index in [9.17, 15) is 4.79 Å². The number of hydrogen-bond acceptors (Lipinski definition) is 2. The molecule has 0 bridgehead atoms. The molecule has 3 heteroatoms. The summed E-state index contributed by atoms with van der Waals surface area (Å²) < 4.78 is 5.40. The van der Waals surface area contributed by atoms with Crippen LogP contribution in [0.15, 0.2) is 30.3 Å². The molecule has 0 heterocycles. The Kier molecular flexibility index (Phi) is 5.06. The van der Waals surface area contributed by atoms with Gasteiger partial charge in [-0.1, -0.05) is 37.5 Å². The first-order valence-corrected chi connectivity index (χ1v) is 6.79. The first-order chi connectivity index (χ1) is 8.84. The van der Waals surface area contributed by atoms with E-state index in [-0.39, 0.29) is 12.5 Å². The number of amides is 1. The molecule has 0 aromatic heterocycles. The molecule has 2 rings (SSSR count). The Labute approximate surface area is 109 Å². The highest BCUT2D eigenvalue weighted by Gasteiger charge is 2.14. The number of para-hydroxylation sites is 1. The molecule has 0 aliphatic heterocycles. The molecule has 0 spiro atoms. The van der Waals surface area contributed by atoms with E-state index in [2.05, 4.69) is 5.32 Å². The summed E-state index contributed by atoms with van der Waals surface area (Å²) in [4.78, 5) is 11.6. The predicted octanol–water partition coefficient (Wildman–Crippen LogP) is 2.76. The number of nitrogens with one attached hydrogen (secondary N) is 1. The smallest absolute Gasteiger partial charge is 0.257 e. The van der Waals surface area contributed by atoms with Gasteiger partial charge in [0.25, 0.3) is 5.91 Å². The van der Waals surface area contributed by atoms with E-state index in [1.54, 1.807) is 0 Å². The van der Waals surface area contributed by atoms with Crippen LogP contribution in [0.4, 0.5) is 0 Å². The van der Waals surface area contributed by atoms with Crippen LogP contribution >= 0.6 is 0 Å². The van der Waals surface area contributed by atoms with Gasteiger partial charge >= 0.3 is 0 Å².